The van der Waals surface area contributed by atoms with Crippen molar-refractivity contribution in [3.05, 3.63) is 60.8 Å². The Kier molecular flexibility index (Phi) is 49.8. The molecular formula is C41H77N3O5S2. The normalized spacial score (nSPS) is 11.9. The van der Waals surface area contributed by atoms with E-state index in [2.05, 4.69) is 83.6 Å². The molecule has 3 N–H and O–H groups in total. The Morgan fingerprint density at radius 1 is 0.627 bits per heavy atom. The average Bonchev–Trinajstić information content (AvgIpc) is 3.13. The molecule has 0 unspecified atom stereocenters. The summed E-state index contributed by atoms with van der Waals surface area (Å²) in [6.45, 7) is 19.8. The van der Waals surface area contributed by atoms with Gasteiger partial charge in [-0.05, 0) is 44.9 Å². The molecule has 0 aromatic rings. The molecule has 0 bridgehead atoms. The molecule has 298 valence electrons. The van der Waals surface area contributed by atoms with Crippen LogP contribution in [0.15, 0.2) is 60.8 Å². The summed E-state index contributed by atoms with van der Waals surface area (Å²) in [6.07, 6.45) is 28.7. The Hall–Kier alpha value is -2.27. The van der Waals surface area contributed by atoms with Crippen LogP contribution in [-0.2, 0) is 23.9 Å². The number of rotatable bonds is 28. The van der Waals surface area contributed by atoms with Crippen LogP contribution in [0.5, 0.6) is 0 Å². The minimum Gasteiger partial charge on any atom is -0.384 e. The van der Waals surface area contributed by atoms with Crippen molar-refractivity contribution in [2.24, 2.45) is 5.41 Å². The number of allylic oxidation sites excluding steroid dienone is 10. The second-order valence-corrected chi connectivity index (χ2v) is 13.7. The Morgan fingerprint density at radius 3 is 1.49 bits per heavy atom. The monoisotopic (exact) mass is 756 g/mol. The molecule has 10 heteroatoms. The lowest BCUT2D eigenvalue weighted by Gasteiger charge is -2.31. The molecule has 0 rings (SSSR count). The van der Waals surface area contributed by atoms with Gasteiger partial charge in [0.15, 0.2) is 0 Å². The molecule has 3 amide bonds. The van der Waals surface area contributed by atoms with Gasteiger partial charge in [0.05, 0.1) is 6.61 Å². The van der Waals surface area contributed by atoms with E-state index in [0.717, 1.165) is 56.5 Å². The van der Waals surface area contributed by atoms with E-state index in [-0.39, 0.29) is 30.7 Å². The number of hydrogen-bond donors (Lipinski definition) is 3. The molecule has 51 heavy (non-hydrogen) atoms. The third-order valence-corrected chi connectivity index (χ3v) is 8.79. The van der Waals surface area contributed by atoms with E-state index in [4.69, 9.17) is 9.47 Å². The van der Waals surface area contributed by atoms with Crippen molar-refractivity contribution >= 4 is 39.3 Å². The predicted molar refractivity (Wildman–Crippen MR) is 227 cm³/mol. The number of methoxy groups -OCH3 is 2. The van der Waals surface area contributed by atoms with E-state index in [9.17, 15) is 14.4 Å². The Labute approximate surface area is 322 Å². The van der Waals surface area contributed by atoms with Gasteiger partial charge >= 0.3 is 0 Å². The summed E-state index contributed by atoms with van der Waals surface area (Å²) in [7, 11) is 6.41. The van der Waals surface area contributed by atoms with Gasteiger partial charge in [-0.15, -0.1) is 0 Å². The first-order valence-corrected chi connectivity index (χ1v) is 21.6. The topological polar surface area (TPSA) is 106 Å². The molecule has 8 nitrogen and oxygen atoms in total. The fourth-order valence-corrected chi connectivity index (χ4v) is 5.94. The molecule has 1 atom stereocenters. The molecule has 0 aliphatic heterocycles. The zero-order chi connectivity index (χ0) is 39.4. The molecular weight excluding hydrogens is 679 g/mol. The van der Waals surface area contributed by atoms with Crippen molar-refractivity contribution in [2.45, 2.75) is 126 Å². The number of ether oxygens (including phenoxy) is 2. The zero-order valence-corrected chi connectivity index (χ0v) is 35.9. The quantitative estimate of drug-likeness (QED) is 0.0415. The smallest absolute Gasteiger partial charge is 0.249 e. The summed E-state index contributed by atoms with van der Waals surface area (Å²) in [5, 5.41) is 8.60. The van der Waals surface area contributed by atoms with Crippen LogP contribution in [-0.4, -0.2) is 75.8 Å². The minimum atomic E-state index is -0.659. The molecule has 0 saturated heterocycles. The van der Waals surface area contributed by atoms with Crippen LogP contribution < -0.4 is 16.0 Å². The van der Waals surface area contributed by atoms with Gasteiger partial charge in [-0.3, -0.25) is 14.4 Å². The lowest BCUT2D eigenvalue weighted by Crippen LogP contribution is -2.47. The summed E-state index contributed by atoms with van der Waals surface area (Å²) >= 11 is 0. The summed E-state index contributed by atoms with van der Waals surface area (Å²) in [5.74, 6) is 1.30. The highest BCUT2D eigenvalue weighted by molar-refractivity contribution is 8.76. The maximum Gasteiger partial charge on any atom is 0.249 e. The fourth-order valence-electron chi connectivity index (χ4n) is 4.13. The third kappa shape index (κ3) is 40.4. The first kappa shape index (κ1) is 55.5. The van der Waals surface area contributed by atoms with E-state index in [0.29, 0.717) is 26.1 Å². The van der Waals surface area contributed by atoms with Crippen molar-refractivity contribution in [1.82, 2.24) is 16.0 Å². The molecule has 0 aromatic carbocycles. The molecule has 0 aliphatic rings. The second-order valence-electron chi connectivity index (χ2n) is 11.0. The van der Waals surface area contributed by atoms with Crippen LogP contribution in [0.4, 0.5) is 0 Å². The lowest BCUT2D eigenvalue weighted by atomic mass is 9.86. The van der Waals surface area contributed by atoms with Crippen molar-refractivity contribution in [2.75, 3.05) is 52.0 Å². The summed E-state index contributed by atoms with van der Waals surface area (Å²) < 4.78 is 10.5. The van der Waals surface area contributed by atoms with Gasteiger partial charge < -0.3 is 25.4 Å². The number of hydrogen-bond acceptors (Lipinski definition) is 7. The Morgan fingerprint density at radius 2 is 1.06 bits per heavy atom. The van der Waals surface area contributed by atoms with Gasteiger partial charge in [0.2, 0.25) is 17.7 Å². The van der Waals surface area contributed by atoms with Gasteiger partial charge in [-0.25, -0.2) is 0 Å². The van der Waals surface area contributed by atoms with Crippen LogP contribution in [0.1, 0.15) is 120 Å². The largest absolute Gasteiger partial charge is 0.384 e. The highest BCUT2D eigenvalue weighted by Crippen LogP contribution is 2.23. The van der Waals surface area contributed by atoms with Gasteiger partial charge in [0.25, 0.3) is 0 Å². The molecule has 0 radical (unpaired) electrons. The van der Waals surface area contributed by atoms with Crippen LogP contribution in [0.25, 0.3) is 0 Å². The van der Waals surface area contributed by atoms with E-state index in [1.165, 1.54) is 7.11 Å². The van der Waals surface area contributed by atoms with Crippen LogP contribution in [0.3, 0.4) is 0 Å². The highest BCUT2D eigenvalue weighted by Gasteiger charge is 2.35. The zero-order valence-electron chi connectivity index (χ0n) is 34.3. The molecule has 0 heterocycles. The molecule has 0 saturated carbocycles. The predicted octanol–water partition coefficient (Wildman–Crippen LogP) is 9.79. The van der Waals surface area contributed by atoms with Crippen molar-refractivity contribution in [3.63, 3.8) is 0 Å². The molecule has 0 aliphatic carbocycles. The Balaban J connectivity index is -0.00000174. The van der Waals surface area contributed by atoms with E-state index in [1.54, 1.807) is 28.7 Å². The summed E-state index contributed by atoms with van der Waals surface area (Å²) in [4.78, 5) is 36.5. The lowest BCUT2D eigenvalue weighted by molar-refractivity contribution is -0.140. The second kappa shape index (κ2) is 45.8. The maximum absolute atomic E-state index is 12.4. The summed E-state index contributed by atoms with van der Waals surface area (Å²) in [5.41, 5.74) is -0.481. The van der Waals surface area contributed by atoms with Gasteiger partial charge in [0.1, 0.15) is 6.10 Å². The Bertz CT molecular complexity index is 934. The molecule has 0 aromatic heterocycles. The summed E-state index contributed by atoms with van der Waals surface area (Å²) in [6, 6.07) is 0. The van der Waals surface area contributed by atoms with Crippen molar-refractivity contribution < 1.29 is 23.9 Å². The number of amides is 3. The van der Waals surface area contributed by atoms with E-state index >= 15 is 0 Å². The van der Waals surface area contributed by atoms with Gasteiger partial charge in [0, 0.05) is 63.6 Å². The van der Waals surface area contributed by atoms with Crippen molar-refractivity contribution in [3.8, 4) is 0 Å². The highest BCUT2D eigenvalue weighted by atomic mass is 33.1. The third-order valence-electron chi connectivity index (χ3n) is 6.38. The molecule has 0 fully saturated rings. The SMILES string of the molecule is CC.CC.CC.CC/C=C\C/C=C\C/C=C\C/C=C\C/C=C\CCCC(=O)NCCSSCCNC(=O)CCNC(=O)[C@H](OC)C(C)(C)COC. The number of nitrogens with one attached hydrogen (secondary N) is 3. The number of carbonyl (C=O) groups is 3. The fraction of sp³-hybridized carbons (Fsp3) is 0.683. The minimum absolute atomic E-state index is 0.0892. The van der Waals surface area contributed by atoms with Crippen molar-refractivity contribution in [1.29, 1.82) is 0 Å². The first-order valence-electron chi connectivity index (χ1n) is 19.1. The van der Waals surface area contributed by atoms with Crippen LogP contribution in [0, 0.1) is 5.41 Å². The maximum atomic E-state index is 12.4. The van der Waals surface area contributed by atoms with Crippen LogP contribution >= 0.6 is 21.6 Å². The van der Waals surface area contributed by atoms with E-state index < -0.39 is 11.5 Å². The van der Waals surface area contributed by atoms with Crippen LogP contribution in [0.2, 0.25) is 0 Å². The van der Waals surface area contributed by atoms with E-state index in [1.807, 2.05) is 55.4 Å². The average molecular weight is 756 g/mol. The number of unbranched alkanes of at least 4 members (excludes halogenated alkanes) is 1. The first-order chi connectivity index (χ1) is 24.8. The number of carbonyl (C=O) groups excluding carboxylic acids is 3. The van der Waals surface area contributed by atoms with Gasteiger partial charge in [-0.1, -0.05) is 145 Å². The van der Waals surface area contributed by atoms with Gasteiger partial charge in [-0.2, -0.15) is 0 Å². The standard InChI is InChI=1S/C35H59N3O5S2.3C2H6/c1-6-7-8-9-10-11-12-13-14-15-16-17-18-19-20-21-22-23-31(39)36-26-28-44-45-29-27-37-32(40)24-25-38-34(41)33(43-5)35(2,3)30-42-4;3*1-2/h7-8,10-11,13-14,16-17,19-20,33H,6,9,12,15,18,21-30H2,1-5H3,(H,36,39)(H,37,40)(H,38,41);3*1-2H3/b8-7-,11-10-,14-13-,17-16-,20-19-;;;/t33-;;;/m0.../s1. The molecule has 0 spiro atoms.